The van der Waals surface area contributed by atoms with Crippen molar-refractivity contribution in [1.29, 1.82) is 0 Å². The number of carbonyl (C=O) groups is 2. The second kappa shape index (κ2) is 10.5. The van der Waals surface area contributed by atoms with E-state index in [0.717, 1.165) is 56.9 Å². The zero-order chi connectivity index (χ0) is 32.8. The molecule has 9 atom stereocenters. The van der Waals surface area contributed by atoms with E-state index >= 15 is 0 Å². The van der Waals surface area contributed by atoms with E-state index in [2.05, 4.69) is 54.5 Å². The van der Waals surface area contributed by atoms with E-state index in [4.69, 9.17) is 4.74 Å². The number of ether oxygens (including phenoxy) is 1. The van der Waals surface area contributed by atoms with Gasteiger partial charge in [-0.2, -0.15) is 0 Å². The molecule has 5 aliphatic carbocycles. The van der Waals surface area contributed by atoms with E-state index in [9.17, 15) is 24.9 Å². The summed E-state index contributed by atoms with van der Waals surface area (Å²) in [5.74, 6) is -0.230. The topological polar surface area (TPSA) is 104 Å². The molecule has 0 amide bonds. The van der Waals surface area contributed by atoms with E-state index in [-0.39, 0.29) is 39.2 Å². The Balaban J connectivity index is 1.29. The maximum absolute atomic E-state index is 13.0. The molecule has 6 nitrogen and oxygen atoms in total. The highest BCUT2D eigenvalue weighted by molar-refractivity contribution is 5.87. The van der Waals surface area contributed by atoms with E-state index in [1.807, 2.05) is 0 Å². The Kier molecular flexibility index (Phi) is 7.51. The fourth-order valence-corrected chi connectivity index (χ4v) is 11.9. The van der Waals surface area contributed by atoms with E-state index in [1.165, 1.54) is 11.6 Å². The summed E-state index contributed by atoms with van der Waals surface area (Å²) in [6.07, 6.45) is 12.0. The lowest BCUT2D eigenvalue weighted by molar-refractivity contribution is -0.238. The first kappa shape index (κ1) is 32.3. The zero-order valence-corrected chi connectivity index (χ0v) is 28.4. The summed E-state index contributed by atoms with van der Waals surface area (Å²) in [5, 5.41) is 31.9. The summed E-state index contributed by atoms with van der Waals surface area (Å²) in [7, 11) is 0. The Hall–Kier alpha value is -2.60. The number of hydrogen-bond acceptors (Lipinski definition) is 5. The molecule has 0 radical (unpaired) electrons. The molecule has 0 bridgehead atoms. The first-order valence-corrected chi connectivity index (χ1v) is 17.2. The molecule has 3 N–H and O–H groups in total. The number of aliphatic carboxylic acids is 1. The van der Waals surface area contributed by atoms with Crippen LogP contribution in [0.1, 0.15) is 112 Å². The lowest BCUT2D eigenvalue weighted by atomic mass is 9.33. The maximum atomic E-state index is 13.0. The predicted octanol–water partition coefficient (Wildman–Crippen LogP) is 8.17. The summed E-state index contributed by atoms with van der Waals surface area (Å²) in [6.45, 7) is 16.3. The highest BCUT2D eigenvalue weighted by atomic mass is 16.6. The number of phenols is 1. The predicted molar refractivity (Wildman–Crippen MR) is 175 cm³/mol. The zero-order valence-electron chi connectivity index (χ0n) is 28.4. The van der Waals surface area contributed by atoms with Gasteiger partial charge in [0.2, 0.25) is 0 Å². The normalized spacial score (nSPS) is 43.2. The number of aliphatic hydroxyl groups excluding tert-OH is 1. The van der Waals surface area contributed by atoms with Gasteiger partial charge in [-0.05, 0) is 121 Å². The summed E-state index contributed by atoms with van der Waals surface area (Å²) < 4.78 is 6.04. The minimum Gasteiger partial charge on any atom is -0.508 e. The third kappa shape index (κ3) is 4.74. The average Bonchev–Trinajstić information content (AvgIpc) is 2.94. The molecule has 1 unspecified atom stereocenters. The number of benzene rings is 1. The molecule has 4 saturated carbocycles. The number of fused-ring (bicyclic) bond motifs is 7. The number of rotatable bonds is 4. The standard InChI is InChI=1S/C39H54O6/c1-34(2)18-20-39(33(43)44)21-19-37(6)26(27(39)22-34)13-14-30-36(5)23-28(41)32(35(3,4)29(36)16-17-38(30,37)7)45-31(42)15-10-24-8-11-25(40)12-9-24/h8-13,15,27-30,32,40-41H,14,16-23H2,1-7H3,(H,43,44)/t27-,28-,29?,30-,32+,36+,37-,38-,39+/m1/s1. The molecular weight excluding hydrogens is 564 g/mol. The van der Waals surface area contributed by atoms with Crippen LogP contribution in [0.15, 0.2) is 42.0 Å². The summed E-state index contributed by atoms with van der Waals surface area (Å²) in [4.78, 5) is 26.0. The van der Waals surface area contributed by atoms with Crippen LogP contribution in [0.25, 0.3) is 6.08 Å². The first-order chi connectivity index (χ1) is 20.9. The molecule has 5 aliphatic rings. The van der Waals surface area contributed by atoms with Crippen molar-refractivity contribution >= 4 is 18.0 Å². The third-order valence-corrected chi connectivity index (χ3v) is 14.5. The molecular formula is C39H54O6. The number of hydrogen-bond donors (Lipinski definition) is 3. The number of carboxylic acid groups (broad SMARTS) is 1. The molecule has 0 aromatic heterocycles. The second-order valence-corrected chi connectivity index (χ2v) is 17.6. The van der Waals surface area contributed by atoms with Crippen molar-refractivity contribution in [3.63, 3.8) is 0 Å². The maximum Gasteiger partial charge on any atom is 0.331 e. The molecule has 246 valence electrons. The number of aliphatic hydroxyl groups is 1. The van der Waals surface area contributed by atoms with Crippen molar-refractivity contribution < 1.29 is 29.6 Å². The number of allylic oxidation sites excluding steroid dienone is 2. The van der Waals surface area contributed by atoms with Gasteiger partial charge in [0.05, 0.1) is 11.5 Å². The molecule has 1 aromatic rings. The van der Waals surface area contributed by atoms with Gasteiger partial charge in [-0.25, -0.2) is 4.79 Å². The average molecular weight is 619 g/mol. The van der Waals surface area contributed by atoms with Crippen molar-refractivity contribution in [2.24, 2.45) is 50.2 Å². The van der Waals surface area contributed by atoms with Gasteiger partial charge < -0.3 is 20.1 Å². The van der Waals surface area contributed by atoms with Crippen molar-refractivity contribution in [1.82, 2.24) is 0 Å². The minimum absolute atomic E-state index is 0.0131. The number of phenolic OH excluding ortho intramolecular Hbond substituents is 1. The Morgan fingerprint density at radius 3 is 2.22 bits per heavy atom. The van der Waals surface area contributed by atoms with Crippen LogP contribution < -0.4 is 0 Å². The molecule has 0 saturated heterocycles. The Morgan fingerprint density at radius 1 is 0.889 bits per heavy atom. The van der Waals surface area contributed by atoms with Crippen LogP contribution in [-0.2, 0) is 14.3 Å². The van der Waals surface area contributed by atoms with Gasteiger partial charge in [0, 0.05) is 11.5 Å². The number of carboxylic acids is 1. The molecule has 4 fully saturated rings. The van der Waals surface area contributed by atoms with Gasteiger partial charge in [-0.1, -0.05) is 72.2 Å². The fourth-order valence-electron chi connectivity index (χ4n) is 11.9. The quantitative estimate of drug-likeness (QED) is 0.179. The lowest BCUT2D eigenvalue weighted by Gasteiger charge is -2.71. The Bertz CT molecular complexity index is 1420. The Labute approximate surface area is 269 Å². The van der Waals surface area contributed by atoms with Gasteiger partial charge in [0.25, 0.3) is 0 Å². The van der Waals surface area contributed by atoms with Crippen LogP contribution in [0.2, 0.25) is 0 Å². The molecule has 1 aromatic carbocycles. The number of aromatic hydroxyl groups is 1. The van der Waals surface area contributed by atoms with Gasteiger partial charge in [0.15, 0.2) is 0 Å². The summed E-state index contributed by atoms with van der Waals surface area (Å²) in [6, 6.07) is 6.62. The van der Waals surface area contributed by atoms with Crippen molar-refractivity contribution in [3.05, 3.63) is 47.6 Å². The highest BCUT2D eigenvalue weighted by Gasteiger charge is 2.70. The van der Waals surface area contributed by atoms with Crippen molar-refractivity contribution in [2.75, 3.05) is 0 Å². The van der Waals surface area contributed by atoms with Crippen LogP contribution in [0.5, 0.6) is 5.75 Å². The molecule has 6 heteroatoms. The second-order valence-electron chi connectivity index (χ2n) is 17.6. The minimum atomic E-state index is -0.780. The summed E-state index contributed by atoms with van der Waals surface area (Å²) in [5.41, 5.74) is 0.991. The molecule has 0 spiro atoms. The SMILES string of the molecule is CC1(C)CC[C@]2(C(=O)O)CC[C@]3(C)C(=CC[C@@H]4[C@@]5(C)C[C@@H](O)[C@H](OC(=O)C=Cc6ccc(O)cc6)C(C)(C)C5CC[C@]43C)[C@H]2C1. The van der Waals surface area contributed by atoms with Crippen molar-refractivity contribution in [3.8, 4) is 5.75 Å². The van der Waals surface area contributed by atoms with E-state index in [0.29, 0.717) is 12.3 Å². The third-order valence-electron chi connectivity index (χ3n) is 14.5. The van der Waals surface area contributed by atoms with E-state index < -0.39 is 35.0 Å². The van der Waals surface area contributed by atoms with Gasteiger partial charge in [-0.15, -0.1) is 0 Å². The van der Waals surface area contributed by atoms with Gasteiger partial charge >= 0.3 is 11.9 Å². The van der Waals surface area contributed by atoms with Crippen LogP contribution in [0.3, 0.4) is 0 Å². The van der Waals surface area contributed by atoms with Crippen LogP contribution >= 0.6 is 0 Å². The Morgan fingerprint density at radius 2 is 1.56 bits per heavy atom. The smallest absolute Gasteiger partial charge is 0.331 e. The van der Waals surface area contributed by atoms with E-state index in [1.54, 1.807) is 30.3 Å². The lowest BCUT2D eigenvalue weighted by Crippen LogP contribution is -2.67. The van der Waals surface area contributed by atoms with Crippen LogP contribution in [-0.4, -0.2) is 39.5 Å². The largest absolute Gasteiger partial charge is 0.508 e. The number of carbonyl (C=O) groups excluding carboxylic acids is 1. The number of esters is 1. The molecule has 0 aliphatic heterocycles. The monoisotopic (exact) mass is 618 g/mol. The fraction of sp³-hybridized carbons (Fsp3) is 0.692. The molecule has 6 rings (SSSR count). The first-order valence-electron chi connectivity index (χ1n) is 17.2. The van der Waals surface area contributed by atoms with Gasteiger partial charge in [0.1, 0.15) is 11.9 Å². The highest BCUT2D eigenvalue weighted by Crippen LogP contribution is 2.75. The molecule has 45 heavy (non-hydrogen) atoms. The van der Waals surface area contributed by atoms with Crippen molar-refractivity contribution in [2.45, 2.75) is 118 Å². The van der Waals surface area contributed by atoms with Gasteiger partial charge in [-0.3, -0.25) is 4.79 Å². The molecule has 0 heterocycles. The summed E-state index contributed by atoms with van der Waals surface area (Å²) >= 11 is 0. The van der Waals surface area contributed by atoms with Crippen LogP contribution in [0.4, 0.5) is 0 Å². The van der Waals surface area contributed by atoms with Crippen LogP contribution in [0, 0.1) is 50.2 Å².